The van der Waals surface area contributed by atoms with Crippen molar-refractivity contribution in [2.75, 3.05) is 13.7 Å². The molecular formula is C17H18N2O2. The summed E-state index contributed by atoms with van der Waals surface area (Å²) in [5.41, 5.74) is 5.23. The average molecular weight is 282 g/mol. The Kier molecular flexibility index (Phi) is 5.67. The summed E-state index contributed by atoms with van der Waals surface area (Å²) in [6.07, 6.45) is 0.289. The molecule has 0 fully saturated rings. The fourth-order valence-corrected chi connectivity index (χ4v) is 1.86. The Hall–Kier alpha value is -2.46. The molecule has 0 aliphatic carbocycles. The Labute approximate surface area is 124 Å². The lowest BCUT2D eigenvalue weighted by molar-refractivity contribution is -0.121. The second kappa shape index (κ2) is 7.97. The van der Waals surface area contributed by atoms with Gasteiger partial charge in [0.05, 0.1) is 18.7 Å². The first-order valence-corrected chi connectivity index (χ1v) is 6.77. The highest BCUT2D eigenvalue weighted by Crippen LogP contribution is 2.10. The fraction of sp³-hybridized carbons (Fsp3) is 0.176. The first kappa shape index (κ1) is 14.9. The summed E-state index contributed by atoms with van der Waals surface area (Å²) in [6, 6.07) is 19.5. The minimum Gasteiger partial charge on any atom is -0.384 e. The van der Waals surface area contributed by atoms with Gasteiger partial charge in [-0.3, -0.25) is 4.79 Å². The van der Waals surface area contributed by atoms with Crippen LogP contribution >= 0.6 is 0 Å². The highest BCUT2D eigenvalue weighted by molar-refractivity contribution is 6.13. The van der Waals surface area contributed by atoms with E-state index in [1.54, 1.807) is 7.11 Å². The number of rotatable bonds is 6. The van der Waals surface area contributed by atoms with Crippen LogP contribution in [0.2, 0.25) is 0 Å². The van der Waals surface area contributed by atoms with Gasteiger partial charge in [-0.05, 0) is 0 Å². The van der Waals surface area contributed by atoms with Gasteiger partial charge in [0.2, 0.25) is 5.91 Å². The lowest BCUT2D eigenvalue weighted by Crippen LogP contribution is -2.21. The molecule has 1 amide bonds. The summed E-state index contributed by atoms with van der Waals surface area (Å²) < 4.78 is 4.88. The molecule has 4 nitrogen and oxygen atoms in total. The van der Waals surface area contributed by atoms with Gasteiger partial charge >= 0.3 is 0 Å². The largest absolute Gasteiger partial charge is 0.384 e. The van der Waals surface area contributed by atoms with Crippen molar-refractivity contribution in [3.63, 3.8) is 0 Å². The number of hydrogen-bond donors (Lipinski definition) is 1. The summed E-state index contributed by atoms with van der Waals surface area (Å²) in [5, 5.41) is 4.28. The molecule has 0 saturated carbocycles. The highest BCUT2D eigenvalue weighted by Gasteiger charge is 2.07. The van der Waals surface area contributed by atoms with E-state index in [9.17, 15) is 4.79 Å². The number of carbonyl (C=O) groups excluding carboxylic acids is 1. The Bertz CT molecular complexity index is 553. The van der Waals surface area contributed by atoms with Crippen LogP contribution in [-0.4, -0.2) is 25.3 Å². The topological polar surface area (TPSA) is 50.7 Å². The molecular weight excluding hydrogens is 264 g/mol. The number of benzene rings is 2. The number of ether oxygens (including phenoxy) is 1. The van der Waals surface area contributed by atoms with Crippen molar-refractivity contribution in [3.8, 4) is 0 Å². The quantitative estimate of drug-likeness (QED) is 0.654. The number of methoxy groups -OCH3 is 1. The molecule has 2 aromatic carbocycles. The van der Waals surface area contributed by atoms with E-state index in [0.29, 0.717) is 6.61 Å². The zero-order valence-corrected chi connectivity index (χ0v) is 12.0. The molecule has 0 saturated heterocycles. The van der Waals surface area contributed by atoms with Crippen LogP contribution in [0.4, 0.5) is 0 Å². The number of nitrogens with one attached hydrogen (secondary N) is 1. The van der Waals surface area contributed by atoms with E-state index in [1.807, 2.05) is 60.7 Å². The van der Waals surface area contributed by atoms with Gasteiger partial charge in [-0.1, -0.05) is 60.7 Å². The highest BCUT2D eigenvalue weighted by atomic mass is 16.5. The predicted octanol–water partition coefficient (Wildman–Crippen LogP) is 2.59. The maximum absolute atomic E-state index is 11.7. The Morgan fingerprint density at radius 3 is 2.00 bits per heavy atom. The van der Waals surface area contributed by atoms with E-state index in [0.717, 1.165) is 16.8 Å². The normalized spacial score (nSPS) is 9.95. The zero-order chi connectivity index (χ0) is 14.9. The Balaban J connectivity index is 2.23. The number of hydrogen-bond acceptors (Lipinski definition) is 3. The van der Waals surface area contributed by atoms with Crippen LogP contribution in [0.25, 0.3) is 0 Å². The van der Waals surface area contributed by atoms with Crippen LogP contribution in [0.3, 0.4) is 0 Å². The van der Waals surface area contributed by atoms with Gasteiger partial charge in [-0.2, -0.15) is 5.10 Å². The van der Waals surface area contributed by atoms with Crippen molar-refractivity contribution >= 4 is 11.6 Å². The molecule has 2 aromatic rings. The van der Waals surface area contributed by atoms with Crippen LogP contribution in [0.15, 0.2) is 65.8 Å². The smallest absolute Gasteiger partial charge is 0.242 e. The lowest BCUT2D eigenvalue weighted by atomic mass is 10.0. The second-order valence-corrected chi connectivity index (χ2v) is 4.47. The van der Waals surface area contributed by atoms with Gasteiger partial charge in [0.15, 0.2) is 0 Å². The molecule has 21 heavy (non-hydrogen) atoms. The standard InChI is InChI=1S/C17H18N2O2/c1-21-13-12-16(20)18-19-17(14-8-4-2-5-9-14)15-10-6-3-7-11-15/h2-11H,12-13H2,1H3,(H,18,20). The molecule has 4 heteroatoms. The maximum atomic E-state index is 11.7. The molecule has 0 spiro atoms. The Morgan fingerprint density at radius 1 is 1.00 bits per heavy atom. The molecule has 0 aliphatic heterocycles. The zero-order valence-electron chi connectivity index (χ0n) is 12.0. The first-order valence-electron chi connectivity index (χ1n) is 6.77. The van der Waals surface area contributed by atoms with Crippen molar-refractivity contribution in [2.24, 2.45) is 5.10 Å². The molecule has 0 aliphatic rings. The van der Waals surface area contributed by atoms with Crippen molar-refractivity contribution in [1.29, 1.82) is 0 Å². The molecule has 1 N–H and O–H groups in total. The number of carbonyl (C=O) groups is 1. The maximum Gasteiger partial charge on any atom is 0.242 e. The average Bonchev–Trinajstić information content (AvgIpc) is 2.55. The first-order chi connectivity index (χ1) is 10.3. The van der Waals surface area contributed by atoms with E-state index in [2.05, 4.69) is 10.5 Å². The van der Waals surface area contributed by atoms with E-state index >= 15 is 0 Å². The molecule has 0 bridgehead atoms. The van der Waals surface area contributed by atoms with Gasteiger partial charge in [0, 0.05) is 18.2 Å². The third kappa shape index (κ3) is 4.54. The van der Waals surface area contributed by atoms with Gasteiger partial charge in [0.25, 0.3) is 0 Å². The number of hydrazone groups is 1. The van der Waals surface area contributed by atoms with Crippen LogP contribution in [-0.2, 0) is 9.53 Å². The predicted molar refractivity (Wildman–Crippen MR) is 83.2 cm³/mol. The van der Waals surface area contributed by atoms with Gasteiger partial charge in [-0.25, -0.2) is 5.43 Å². The molecule has 0 heterocycles. The summed E-state index contributed by atoms with van der Waals surface area (Å²) in [7, 11) is 1.57. The summed E-state index contributed by atoms with van der Waals surface area (Å²) in [5.74, 6) is -0.166. The fourth-order valence-electron chi connectivity index (χ4n) is 1.86. The third-order valence-electron chi connectivity index (χ3n) is 2.92. The SMILES string of the molecule is COCCC(=O)NN=C(c1ccccc1)c1ccccc1. The second-order valence-electron chi connectivity index (χ2n) is 4.47. The van der Waals surface area contributed by atoms with Crippen LogP contribution in [0.5, 0.6) is 0 Å². The minimum absolute atomic E-state index is 0.166. The van der Waals surface area contributed by atoms with E-state index in [-0.39, 0.29) is 12.3 Å². The van der Waals surface area contributed by atoms with Crippen LogP contribution < -0.4 is 5.43 Å². The molecule has 0 aromatic heterocycles. The van der Waals surface area contributed by atoms with E-state index in [4.69, 9.17) is 4.74 Å². The van der Waals surface area contributed by atoms with Gasteiger partial charge in [0.1, 0.15) is 0 Å². The third-order valence-corrected chi connectivity index (χ3v) is 2.92. The van der Waals surface area contributed by atoms with E-state index < -0.39 is 0 Å². The van der Waals surface area contributed by atoms with Crippen molar-refractivity contribution in [1.82, 2.24) is 5.43 Å². The van der Waals surface area contributed by atoms with Crippen molar-refractivity contribution in [3.05, 3.63) is 71.8 Å². The number of nitrogens with zero attached hydrogens (tertiary/aromatic N) is 1. The molecule has 2 rings (SSSR count). The molecule has 0 atom stereocenters. The van der Waals surface area contributed by atoms with Gasteiger partial charge in [-0.15, -0.1) is 0 Å². The van der Waals surface area contributed by atoms with Crippen LogP contribution in [0, 0.1) is 0 Å². The van der Waals surface area contributed by atoms with Crippen LogP contribution in [0.1, 0.15) is 17.5 Å². The molecule has 0 radical (unpaired) electrons. The summed E-state index contributed by atoms with van der Waals surface area (Å²) in [4.78, 5) is 11.7. The monoisotopic (exact) mass is 282 g/mol. The van der Waals surface area contributed by atoms with Crippen molar-refractivity contribution < 1.29 is 9.53 Å². The summed E-state index contributed by atoms with van der Waals surface area (Å²) >= 11 is 0. The van der Waals surface area contributed by atoms with Crippen molar-refractivity contribution in [2.45, 2.75) is 6.42 Å². The lowest BCUT2D eigenvalue weighted by Gasteiger charge is -2.07. The molecule has 108 valence electrons. The molecule has 0 unspecified atom stereocenters. The minimum atomic E-state index is -0.166. The Morgan fingerprint density at radius 2 is 1.52 bits per heavy atom. The van der Waals surface area contributed by atoms with E-state index in [1.165, 1.54) is 0 Å². The number of amides is 1. The summed E-state index contributed by atoms with van der Waals surface area (Å²) in [6.45, 7) is 0.382. The van der Waals surface area contributed by atoms with Gasteiger partial charge < -0.3 is 4.74 Å².